The molecule has 0 radical (unpaired) electrons. The van der Waals surface area contributed by atoms with E-state index in [1.54, 1.807) is 12.0 Å². The summed E-state index contributed by atoms with van der Waals surface area (Å²) < 4.78 is 31.5. The van der Waals surface area contributed by atoms with Crippen molar-refractivity contribution in [3.05, 3.63) is 29.8 Å². The zero-order valence-corrected chi connectivity index (χ0v) is 13.9. The molecule has 6 nitrogen and oxygen atoms in total. The first kappa shape index (κ1) is 17.6. The first-order valence-corrected chi connectivity index (χ1v) is 8.21. The summed E-state index contributed by atoms with van der Waals surface area (Å²) in [6.07, 6.45) is -0.0564. The van der Waals surface area contributed by atoms with E-state index in [4.69, 9.17) is 4.74 Å². The number of carbonyl (C=O) groups excluding carboxylic acids is 2. The van der Waals surface area contributed by atoms with Gasteiger partial charge in [-0.2, -0.15) is 0 Å². The third-order valence-electron chi connectivity index (χ3n) is 4.57. The number of hydrogen-bond donors (Lipinski definition) is 2. The fraction of sp³-hybridized carbons (Fsp3) is 0.529. The van der Waals surface area contributed by atoms with Crippen molar-refractivity contribution in [1.29, 1.82) is 0 Å². The maximum Gasteiger partial charge on any atom is 0.262 e. The quantitative estimate of drug-likeness (QED) is 0.826. The Kier molecular flexibility index (Phi) is 4.89. The number of rotatable bonds is 5. The largest absolute Gasteiger partial charge is 0.497 e. The van der Waals surface area contributed by atoms with Gasteiger partial charge in [0.1, 0.15) is 11.8 Å². The van der Waals surface area contributed by atoms with Crippen LogP contribution >= 0.6 is 0 Å². The summed E-state index contributed by atoms with van der Waals surface area (Å²) in [5, 5.41) is 5.09. The number of benzene rings is 1. The van der Waals surface area contributed by atoms with Crippen molar-refractivity contribution < 1.29 is 23.1 Å². The van der Waals surface area contributed by atoms with E-state index in [2.05, 4.69) is 10.6 Å². The second-order valence-electron chi connectivity index (χ2n) is 6.45. The first-order valence-electron chi connectivity index (χ1n) is 8.21. The molecular weight excluding hydrogens is 332 g/mol. The van der Waals surface area contributed by atoms with Crippen LogP contribution in [-0.4, -0.2) is 54.9 Å². The van der Waals surface area contributed by atoms with Crippen LogP contribution in [-0.2, 0) is 16.1 Å². The lowest BCUT2D eigenvalue weighted by atomic mass is 10.1. The van der Waals surface area contributed by atoms with E-state index in [1.807, 2.05) is 24.3 Å². The minimum Gasteiger partial charge on any atom is -0.497 e. The fourth-order valence-electron chi connectivity index (χ4n) is 3.15. The topological polar surface area (TPSA) is 70.7 Å². The van der Waals surface area contributed by atoms with Crippen LogP contribution in [0.25, 0.3) is 0 Å². The molecule has 3 rings (SSSR count). The van der Waals surface area contributed by atoms with Crippen LogP contribution in [0.2, 0.25) is 0 Å². The summed E-state index contributed by atoms with van der Waals surface area (Å²) in [6.45, 7) is 0.451. The molecule has 2 fully saturated rings. The third kappa shape index (κ3) is 4.07. The molecule has 2 atom stereocenters. The number of carbonyl (C=O) groups is 2. The number of halogens is 2. The molecule has 2 saturated heterocycles. The number of methoxy groups -OCH3 is 1. The van der Waals surface area contributed by atoms with E-state index in [-0.39, 0.29) is 5.91 Å². The second kappa shape index (κ2) is 6.95. The third-order valence-corrected chi connectivity index (χ3v) is 4.57. The molecule has 2 aliphatic heterocycles. The molecule has 2 heterocycles. The number of ether oxygens (including phenoxy) is 1. The lowest BCUT2D eigenvalue weighted by Crippen LogP contribution is -2.48. The monoisotopic (exact) mass is 353 g/mol. The van der Waals surface area contributed by atoms with Gasteiger partial charge in [0.2, 0.25) is 11.8 Å². The molecule has 0 bridgehead atoms. The number of nitrogens with zero attached hydrogens (tertiary/aromatic N) is 1. The van der Waals surface area contributed by atoms with E-state index in [0.717, 1.165) is 11.3 Å². The molecular formula is C17H21F2N3O3. The van der Waals surface area contributed by atoms with Gasteiger partial charge in [-0.1, -0.05) is 12.1 Å². The molecule has 0 spiro atoms. The van der Waals surface area contributed by atoms with Gasteiger partial charge in [0.05, 0.1) is 19.7 Å². The van der Waals surface area contributed by atoms with Gasteiger partial charge in [-0.15, -0.1) is 0 Å². The van der Waals surface area contributed by atoms with Crippen LogP contribution < -0.4 is 15.4 Å². The molecule has 2 amide bonds. The van der Waals surface area contributed by atoms with Crippen molar-refractivity contribution in [3.8, 4) is 5.75 Å². The van der Waals surface area contributed by atoms with Crippen LogP contribution in [0.5, 0.6) is 5.75 Å². The zero-order chi connectivity index (χ0) is 18.0. The average Bonchev–Trinajstić information content (AvgIpc) is 3.12. The lowest BCUT2D eigenvalue weighted by molar-refractivity contribution is -0.133. The number of nitrogens with one attached hydrogen (secondary N) is 2. The number of likely N-dealkylation sites (tertiary alicyclic amines) is 1. The molecule has 8 heteroatoms. The minimum absolute atomic E-state index is 0.186. The smallest absolute Gasteiger partial charge is 0.262 e. The van der Waals surface area contributed by atoms with Crippen molar-refractivity contribution in [1.82, 2.24) is 15.5 Å². The molecule has 1 aromatic carbocycles. The van der Waals surface area contributed by atoms with Gasteiger partial charge in [0.15, 0.2) is 0 Å². The van der Waals surface area contributed by atoms with Crippen LogP contribution in [0.15, 0.2) is 24.3 Å². The molecule has 0 aliphatic carbocycles. The Bertz CT molecular complexity index is 651. The molecule has 2 aliphatic rings. The Morgan fingerprint density at radius 3 is 2.72 bits per heavy atom. The lowest BCUT2D eigenvalue weighted by Gasteiger charge is -2.18. The van der Waals surface area contributed by atoms with Crippen molar-refractivity contribution in [3.63, 3.8) is 0 Å². The summed E-state index contributed by atoms with van der Waals surface area (Å²) in [5.74, 6) is -2.86. The first-order chi connectivity index (χ1) is 11.9. The molecule has 25 heavy (non-hydrogen) atoms. The Morgan fingerprint density at radius 1 is 1.40 bits per heavy atom. The predicted octanol–water partition coefficient (Wildman–Crippen LogP) is 0.910. The highest BCUT2D eigenvalue weighted by atomic mass is 19.3. The van der Waals surface area contributed by atoms with Crippen molar-refractivity contribution in [2.24, 2.45) is 0 Å². The summed E-state index contributed by atoms with van der Waals surface area (Å²) >= 11 is 0. The molecule has 2 unspecified atom stereocenters. The van der Waals surface area contributed by atoms with E-state index in [1.165, 1.54) is 0 Å². The van der Waals surface area contributed by atoms with Gasteiger partial charge >= 0.3 is 0 Å². The van der Waals surface area contributed by atoms with Crippen molar-refractivity contribution >= 4 is 11.8 Å². The Hall–Kier alpha value is -2.22. The standard InChI is InChI=1S/C17H21F2N3O3/c1-25-12-4-2-11(3-5-12)9-22-7-6-13(16(22)24)21-15(23)14-8-17(18,19)10-20-14/h2-5,13-14,20H,6-10H2,1H3,(H,21,23). The maximum atomic E-state index is 13.2. The second-order valence-corrected chi connectivity index (χ2v) is 6.45. The van der Waals surface area contributed by atoms with Gasteiger partial charge in [0, 0.05) is 19.5 Å². The van der Waals surface area contributed by atoms with E-state index in [9.17, 15) is 18.4 Å². The van der Waals surface area contributed by atoms with Crippen LogP contribution in [0.1, 0.15) is 18.4 Å². The van der Waals surface area contributed by atoms with Gasteiger partial charge in [0.25, 0.3) is 5.92 Å². The number of alkyl halides is 2. The summed E-state index contributed by atoms with van der Waals surface area (Å²) in [5.41, 5.74) is 0.957. The molecule has 0 aromatic heterocycles. The normalized spacial score (nSPS) is 25.2. The summed E-state index contributed by atoms with van der Waals surface area (Å²) in [7, 11) is 1.58. The molecule has 136 valence electrons. The van der Waals surface area contributed by atoms with Crippen LogP contribution in [0.3, 0.4) is 0 Å². The van der Waals surface area contributed by atoms with Crippen LogP contribution in [0.4, 0.5) is 8.78 Å². The molecule has 2 N–H and O–H groups in total. The molecule has 0 saturated carbocycles. The Labute approximate surface area is 144 Å². The van der Waals surface area contributed by atoms with Gasteiger partial charge in [-0.3, -0.25) is 14.9 Å². The SMILES string of the molecule is COc1ccc(CN2CCC(NC(=O)C3CC(F)(F)CN3)C2=O)cc1. The highest BCUT2D eigenvalue weighted by molar-refractivity contribution is 5.91. The van der Waals surface area contributed by atoms with Gasteiger partial charge in [-0.25, -0.2) is 8.78 Å². The number of amides is 2. The fourth-order valence-corrected chi connectivity index (χ4v) is 3.15. The van der Waals surface area contributed by atoms with E-state index in [0.29, 0.717) is 19.5 Å². The average molecular weight is 353 g/mol. The maximum absolute atomic E-state index is 13.2. The highest BCUT2D eigenvalue weighted by Gasteiger charge is 2.43. The zero-order valence-electron chi connectivity index (χ0n) is 13.9. The van der Waals surface area contributed by atoms with Crippen molar-refractivity contribution in [2.45, 2.75) is 37.4 Å². The summed E-state index contributed by atoms with van der Waals surface area (Å²) in [6, 6.07) is 5.80. The predicted molar refractivity (Wildman–Crippen MR) is 86.3 cm³/mol. The van der Waals surface area contributed by atoms with Crippen molar-refractivity contribution in [2.75, 3.05) is 20.2 Å². The Morgan fingerprint density at radius 2 is 2.12 bits per heavy atom. The summed E-state index contributed by atoms with van der Waals surface area (Å²) in [4.78, 5) is 26.2. The van der Waals surface area contributed by atoms with E-state index >= 15 is 0 Å². The highest BCUT2D eigenvalue weighted by Crippen LogP contribution is 2.25. The van der Waals surface area contributed by atoms with Gasteiger partial charge in [-0.05, 0) is 24.1 Å². The van der Waals surface area contributed by atoms with Gasteiger partial charge < -0.3 is 15.0 Å². The molecule has 1 aromatic rings. The van der Waals surface area contributed by atoms with E-state index < -0.39 is 36.9 Å². The Balaban J connectivity index is 1.53. The number of hydrogen-bond acceptors (Lipinski definition) is 4. The van der Waals surface area contributed by atoms with Crippen LogP contribution in [0, 0.1) is 0 Å². The minimum atomic E-state index is -2.87.